The molecule has 2 aromatic heterocycles. The second-order valence-electron chi connectivity index (χ2n) is 6.95. The molecule has 0 unspecified atom stereocenters. The van der Waals surface area contributed by atoms with E-state index in [4.69, 9.17) is 10.2 Å². The molecule has 0 fully saturated rings. The van der Waals surface area contributed by atoms with Gasteiger partial charge in [0.15, 0.2) is 0 Å². The van der Waals surface area contributed by atoms with Gasteiger partial charge in [0.05, 0.1) is 23.3 Å². The third-order valence-electron chi connectivity index (χ3n) is 4.81. The number of hydrogen-bond donors (Lipinski definition) is 1. The minimum Gasteiger partial charge on any atom is -0.396 e. The monoisotopic (exact) mass is 348 g/mol. The van der Waals surface area contributed by atoms with Crippen LogP contribution >= 0.6 is 0 Å². The van der Waals surface area contributed by atoms with E-state index >= 15 is 0 Å². The Bertz CT molecular complexity index is 1040. The second-order valence-corrected chi connectivity index (χ2v) is 6.95. The summed E-state index contributed by atoms with van der Waals surface area (Å²) in [7, 11) is 0. The summed E-state index contributed by atoms with van der Waals surface area (Å²) in [6, 6.07) is 16.9. The molecule has 0 amide bonds. The smallest absolute Gasteiger partial charge is 0.0926 e. The second kappa shape index (κ2) is 6.92. The van der Waals surface area contributed by atoms with Gasteiger partial charge in [-0.25, -0.2) is 0 Å². The van der Waals surface area contributed by atoms with E-state index in [1.165, 1.54) is 5.39 Å². The van der Waals surface area contributed by atoms with Crippen molar-refractivity contribution in [3.05, 3.63) is 59.9 Å². The number of para-hydroxylation sites is 1. The number of fused-ring (bicyclic) bond motifs is 2. The molecule has 0 aliphatic carbocycles. The van der Waals surface area contributed by atoms with Crippen LogP contribution in [-0.4, -0.2) is 31.3 Å². The first-order valence-electron chi connectivity index (χ1n) is 9.20. The highest BCUT2D eigenvalue weighted by Crippen LogP contribution is 2.25. The zero-order valence-corrected chi connectivity index (χ0v) is 15.3. The Labute approximate surface area is 152 Å². The highest BCUT2D eigenvalue weighted by molar-refractivity contribution is 5.83. The van der Waals surface area contributed by atoms with E-state index in [-0.39, 0.29) is 6.61 Å². The third kappa shape index (κ3) is 2.88. The van der Waals surface area contributed by atoms with Gasteiger partial charge in [-0.3, -0.25) is 9.36 Å². The molecule has 0 spiro atoms. The molecule has 0 saturated carbocycles. The van der Waals surface area contributed by atoms with E-state index in [1.807, 2.05) is 18.2 Å². The lowest BCUT2D eigenvalue weighted by atomic mass is 10.1. The molecular formula is C21H24N4O. The van der Waals surface area contributed by atoms with Gasteiger partial charge >= 0.3 is 0 Å². The van der Waals surface area contributed by atoms with Gasteiger partial charge in [-0.15, -0.1) is 0 Å². The summed E-state index contributed by atoms with van der Waals surface area (Å²) in [5.41, 5.74) is 4.35. The maximum Gasteiger partial charge on any atom is 0.0926 e. The van der Waals surface area contributed by atoms with Crippen molar-refractivity contribution in [1.29, 1.82) is 0 Å². The van der Waals surface area contributed by atoms with Gasteiger partial charge in [0.25, 0.3) is 0 Å². The normalized spacial score (nSPS) is 11.8. The first-order valence-corrected chi connectivity index (χ1v) is 9.20. The number of nitrogens with zero attached hydrogens (tertiary/aromatic N) is 4. The highest BCUT2D eigenvalue weighted by Gasteiger charge is 2.16. The van der Waals surface area contributed by atoms with E-state index in [2.05, 4.69) is 53.5 Å². The summed E-state index contributed by atoms with van der Waals surface area (Å²) < 4.78 is 4.14. The summed E-state index contributed by atoms with van der Waals surface area (Å²) >= 11 is 0. The zero-order valence-electron chi connectivity index (χ0n) is 15.3. The fourth-order valence-corrected chi connectivity index (χ4v) is 3.58. The standard InChI is InChI=1S/C21H24N4O/c1-15(2)25-21-11-6-4-9-17(21)19(23-25)14-24-20(12-7-13-26)16-8-3-5-10-18(16)22-24/h3-6,8-11,15,26H,7,12-14H2,1-2H3. The molecule has 1 N–H and O–H groups in total. The van der Waals surface area contributed by atoms with Crippen LogP contribution in [0.5, 0.6) is 0 Å². The van der Waals surface area contributed by atoms with Crippen LogP contribution in [0.3, 0.4) is 0 Å². The maximum absolute atomic E-state index is 9.28. The van der Waals surface area contributed by atoms with Crippen molar-refractivity contribution in [2.75, 3.05) is 6.61 Å². The Kier molecular flexibility index (Phi) is 4.47. The molecule has 0 radical (unpaired) electrons. The van der Waals surface area contributed by atoms with Crippen LogP contribution in [0.1, 0.15) is 37.7 Å². The topological polar surface area (TPSA) is 55.9 Å². The van der Waals surface area contributed by atoms with Gasteiger partial charge in [-0.2, -0.15) is 10.2 Å². The molecule has 5 nitrogen and oxygen atoms in total. The number of aliphatic hydroxyl groups excluding tert-OH is 1. The van der Waals surface area contributed by atoms with Crippen molar-refractivity contribution in [3.63, 3.8) is 0 Å². The van der Waals surface area contributed by atoms with E-state index in [9.17, 15) is 5.11 Å². The molecule has 0 saturated heterocycles. The van der Waals surface area contributed by atoms with Gasteiger partial charge < -0.3 is 5.11 Å². The van der Waals surface area contributed by atoms with Crippen LogP contribution in [0.4, 0.5) is 0 Å². The number of aliphatic hydroxyl groups is 1. The first kappa shape index (κ1) is 16.8. The van der Waals surface area contributed by atoms with Crippen molar-refractivity contribution < 1.29 is 5.11 Å². The molecule has 5 heteroatoms. The van der Waals surface area contributed by atoms with Crippen molar-refractivity contribution in [2.24, 2.45) is 0 Å². The predicted octanol–water partition coefficient (Wildman–Crippen LogP) is 3.94. The number of aryl methyl sites for hydroxylation is 1. The summed E-state index contributed by atoms with van der Waals surface area (Å²) in [6.45, 7) is 5.12. The fraction of sp³-hybridized carbons (Fsp3) is 0.333. The molecule has 2 aromatic carbocycles. The van der Waals surface area contributed by atoms with Gasteiger partial charge in [0, 0.05) is 29.1 Å². The summed E-state index contributed by atoms with van der Waals surface area (Å²) in [5.74, 6) is 0. The van der Waals surface area contributed by atoms with Crippen molar-refractivity contribution in [3.8, 4) is 0 Å². The Hall–Kier alpha value is -2.66. The minimum absolute atomic E-state index is 0.185. The molecule has 4 aromatic rings. The van der Waals surface area contributed by atoms with Crippen LogP contribution in [-0.2, 0) is 13.0 Å². The molecule has 0 aliphatic heterocycles. The van der Waals surface area contributed by atoms with Crippen LogP contribution in [0.25, 0.3) is 21.8 Å². The zero-order chi connectivity index (χ0) is 18.1. The molecule has 0 bridgehead atoms. The molecule has 2 heterocycles. The highest BCUT2D eigenvalue weighted by atomic mass is 16.2. The van der Waals surface area contributed by atoms with E-state index in [1.54, 1.807) is 0 Å². The Morgan fingerprint density at radius 1 is 0.962 bits per heavy atom. The quantitative estimate of drug-likeness (QED) is 0.574. The summed E-state index contributed by atoms with van der Waals surface area (Å²) in [5, 5.41) is 21.3. The van der Waals surface area contributed by atoms with Gasteiger partial charge in [-0.1, -0.05) is 36.4 Å². The molecular weight excluding hydrogens is 324 g/mol. The van der Waals surface area contributed by atoms with Gasteiger partial charge in [0.2, 0.25) is 0 Å². The number of aromatic nitrogens is 4. The number of hydrogen-bond acceptors (Lipinski definition) is 3. The van der Waals surface area contributed by atoms with Crippen molar-refractivity contribution in [1.82, 2.24) is 19.6 Å². The molecule has 0 aliphatic rings. The number of rotatable bonds is 6. The maximum atomic E-state index is 9.28. The van der Waals surface area contributed by atoms with Gasteiger partial charge in [0.1, 0.15) is 0 Å². The lowest BCUT2D eigenvalue weighted by molar-refractivity contribution is 0.287. The molecule has 0 atom stereocenters. The average molecular weight is 348 g/mol. The summed E-state index contributed by atoms with van der Waals surface area (Å²) in [6.07, 6.45) is 1.54. The first-order chi connectivity index (χ1) is 12.7. The van der Waals surface area contributed by atoms with Crippen LogP contribution in [0.15, 0.2) is 48.5 Å². The van der Waals surface area contributed by atoms with Crippen LogP contribution in [0.2, 0.25) is 0 Å². The average Bonchev–Trinajstić information content (AvgIpc) is 3.19. The van der Waals surface area contributed by atoms with Crippen LogP contribution < -0.4 is 0 Å². The fourth-order valence-electron chi connectivity index (χ4n) is 3.58. The van der Waals surface area contributed by atoms with Crippen LogP contribution in [0, 0.1) is 0 Å². The van der Waals surface area contributed by atoms with E-state index in [0.29, 0.717) is 12.6 Å². The van der Waals surface area contributed by atoms with E-state index < -0.39 is 0 Å². The summed E-state index contributed by atoms with van der Waals surface area (Å²) in [4.78, 5) is 0. The Morgan fingerprint density at radius 3 is 2.46 bits per heavy atom. The lowest BCUT2D eigenvalue weighted by Gasteiger charge is -2.07. The molecule has 4 rings (SSSR count). The largest absolute Gasteiger partial charge is 0.396 e. The minimum atomic E-state index is 0.185. The van der Waals surface area contributed by atoms with Crippen molar-refractivity contribution in [2.45, 2.75) is 39.3 Å². The Balaban J connectivity index is 1.81. The molecule has 26 heavy (non-hydrogen) atoms. The number of benzene rings is 2. The SMILES string of the molecule is CC(C)n1nc(Cn2nc3ccccc3c2CCCO)c2ccccc21. The lowest BCUT2D eigenvalue weighted by Crippen LogP contribution is -2.09. The molecule has 134 valence electrons. The predicted molar refractivity (Wildman–Crippen MR) is 104 cm³/mol. The Morgan fingerprint density at radius 2 is 1.69 bits per heavy atom. The van der Waals surface area contributed by atoms with Crippen molar-refractivity contribution >= 4 is 21.8 Å². The third-order valence-corrected chi connectivity index (χ3v) is 4.81. The van der Waals surface area contributed by atoms with E-state index in [0.717, 1.165) is 40.6 Å². The van der Waals surface area contributed by atoms with Gasteiger partial charge in [-0.05, 0) is 38.8 Å².